The Morgan fingerprint density at radius 3 is 2.81 bits per heavy atom. The molecule has 3 rings (SSSR count). The number of thiophene rings is 1. The molecule has 27 heavy (non-hydrogen) atoms. The number of fused-ring (bicyclic) bond motifs is 1. The van der Waals surface area contributed by atoms with Crippen LogP contribution in [0.1, 0.15) is 51.0 Å². The fourth-order valence-corrected chi connectivity index (χ4v) is 4.61. The van der Waals surface area contributed by atoms with Crippen LogP contribution in [-0.4, -0.2) is 18.9 Å². The summed E-state index contributed by atoms with van der Waals surface area (Å²) >= 11 is 1.54. The summed E-state index contributed by atoms with van der Waals surface area (Å²) in [6, 6.07) is 7.67. The van der Waals surface area contributed by atoms with Gasteiger partial charge in [-0.25, -0.2) is 0 Å². The number of ether oxygens (including phenoxy) is 1. The Bertz CT molecular complexity index is 844. The second-order valence-electron chi connectivity index (χ2n) is 7.07. The minimum absolute atomic E-state index is 0.143. The number of amides is 2. The first-order chi connectivity index (χ1) is 13.0. The molecule has 5 nitrogen and oxygen atoms in total. The molecule has 2 aromatic rings. The number of aryl methyl sites for hydroxylation is 2. The van der Waals surface area contributed by atoms with Crippen LogP contribution in [0.2, 0.25) is 0 Å². The molecule has 0 fully saturated rings. The van der Waals surface area contributed by atoms with Gasteiger partial charge >= 0.3 is 0 Å². The van der Waals surface area contributed by atoms with Crippen molar-refractivity contribution in [1.82, 2.24) is 10.9 Å². The van der Waals surface area contributed by atoms with Crippen molar-refractivity contribution >= 4 is 23.2 Å². The van der Waals surface area contributed by atoms with Crippen molar-refractivity contribution in [2.75, 3.05) is 7.11 Å². The third kappa shape index (κ3) is 4.69. The molecule has 1 aliphatic carbocycles. The number of nitrogens with one attached hydrogen (secondary N) is 2. The van der Waals surface area contributed by atoms with Crippen LogP contribution in [0.15, 0.2) is 24.3 Å². The third-order valence-electron chi connectivity index (χ3n) is 5.09. The molecule has 0 saturated carbocycles. The monoisotopic (exact) mass is 386 g/mol. The molecule has 144 valence electrons. The molecule has 6 heteroatoms. The molecule has 0 aliphatic heterocycles. The van der Waals surface area contributed by atoms with Gasteiger partial charge in [0.2, 0.25) is 5.91 Å². The minimum Gasteiger partial charge on any atom is -0.496 e. The number of rotatable bonds is 5. The molecule has 0 radical (unpaired) electrons. The van der Waals surface area contributed by atoms with Gasteiger partial charge in [-0.1, -0.05) is 31.0 Å². The van der Waals surface area contributed by atoms with E-state index in [2.05, 4.69) is 17.8 Å². The second kappa shape index (κ2) is 8.57. The summed E-state index contributed by atoms with van der Waals surface area (Å²) in [5.41, 5.74) is 8.19. The van der Waals surface area contributed by atoms with Crippen molar-refractivity contribution in [2.45, 2.75) is 46.0 Å². The van der Waals surface area contributed by atoms with Gasteiger partial charge in [0.1, 0.15) is 5.75 Å². The molecule has 1 aromatic carbocycles. The van der Waals surface area contributed by atoms with Crippen LogP contribution in [0.5, 0.6) is 5.75 Å². The Labute approximate surface area is 164 Å². The summed E-state index contributed by atoms with van der Waals surface area (Å²) in [5.74, 6) is 0.845. The van der Waals surface area contributed by atoms with Crippen LogP contribution in [0.4, 0.5) is 0 Å². The normalized spacial score (nSPS) is 15.7. The van der Waals surface area contributed by atoms with Crippen molar-refractivity contribution in [3.05, 3.63) is 50.7 Å². The average Bonchev–Trinajstić information content (AvgIpc) is 3.09. The topological polar surface area (TPSA) is 67.4 Å². The molecule has 1 heterocycles. The van der Waals surface area contributed by atoms with Gasteiger partial charge in [-0.05, 0) is 49.8 Å². The molecule has 0 bridgehead atoms. The molecule has 1 atom stereocenters. The van der Waals surface area contributed by atoms with Crippen LogP contribution in [0.25, 0.3) is 0 Å². The first kappa shape index (κ1) is 19.4. The number of hydrogen-bond donors (Lipinski definition) is 2. The molecule has 2 N–H and O–H groups in total. The molecule has 1 aliphatic rings. The lowest BCUT2D eigenvalue weighted by atomic mass is 9.87. The average molecular weight is 387 g/mol. The first-order valence-electron chi connectivity index (χ1n) is 9.34. The van der Waals surface area contributed by atoms with E-state index in [0.717, 1.165) is 24.0 Å². The van der Waals surface area contributed by atoms with E-state index >= 15 is 0 Å². The van der Waals surface area contributed by atoms with Crippen LogP contribution in [0.3, 0.4) is 0 Å². The van der Waals surface area contributed by atoms with Crippen molar-refractivity contribution < 1.29 is 14.3 Å². The maximum Gasteiger partial charge on any atom is 0.279 e. The van der Waals surface area contributed by atoms with Gasteiger partial charge in [-0.2, -0.15) is 0 Å². The largest absolute Gasteiger partial charge is 0.496 e. The Morgan fingerprint density at radius 2 is 2.07 bits per heavy atom. The summed E-state index contributed by atoms with van der Waals surface area (Å²) in [4.78, 5) is 26.6. The van der Waals surface area contributed by atoms with Gasteiger partial charge in [-0.15, -0.1) is 11.3 Å². The van der Waals surface area contributed by atoms with E-state index in [0.29, 0.717) is 16.5 Å². The van der Waals surface area contributed by atoms with E-state index in [1.165, 1.54) is 34.6 Å². The quantitative estimate of drug-likeness (QED) is 0.772. The molecule has 0 saturated heterocycles. The lowest BCUT2D eigenvalue weighted by molar-refractivity contribution is -0.121. The number of hydrogen-bond acceptors (Lipinski definition) is 4. The maximum absolute atomic E-state index is 12.4. The van der Waals surface area contributed by atoms with Gasteiger partial charge in [0, 0.05) is 10.4 Å². The number of carbonyl (C=O) groups is 2. The number of methoxy groups -OCH3 is 1. The zero-order chi connectivity index (χ0) is 19.4. The highest BCUT2D eigenvalue weighted by atomic mass is 32.1. The molecule has 0 spiro atoms. The van der Waals surface area contributed by atoms with Gasteiger partial charge in [0.25, 0.3) is 5.91 Å². The highest BCUT2D eigenvalue weighted by molar-refractivity contribution is 7.14. The number of benzene rings is 1. The molecular weight excluding hydrogens is 360 g/mol. The van der Waals surface area contributed by atoms with Gasteiger partial charge in [0.05, 0.1) is 18.4 Å². The Balaban J connectivity index is 1.57. The van der Waals surface area contributed by atoms with Gasteiger partial charge < -0.3 is 4.74 Å². The third-order valence-corrected chi connectivity index (χ3v) is 6.32. The summed E-state index contributed by atoms with van der Waals surface area (Å²) < 4.78 is 5.29. The first-order valence-corrected chi connectivity index (χ1v) is 10.2. The van der Waals surface area contributed by atoms with Crippen molar-refractivity contribution in [1.29, 1.82) is 0 Å². The molecule has 0 unspecified atom stereocenters. The highest BCUT2D eigenvalue weighted by Gasteiger charge is 2.22. The summed E-state index contributed by atoms with van der Waals surface area (Å²) in [5, 5.41) is 0. The fraction of sp³-hybridized carbons (Fsp3) is 0.429. The Kier molecular flexibility index (Phi) is 6.16. The predicted molar refractivity (Wildman–Crippen MR) is 107 cm³/mol. The lowest BCUT2D eigenvalue weighted by Gasteiger charge is -2.19. The zero-order valence-electron chi connectivity index (χ0n) is 16.1. The smallest absolute Gasteiger partial charge is 0.279 e. The van der Waals surface area contributed by atoms with E-state index in [9.17, 15) is 9.59 Å². The van der Waals surface area contributed by atoms with Crippen molar-refractivity contribution in [3.8, 4) is 5.75 Å². The van der Waals surface area contributed by atoms with Crippen molar-refractivity contribution in [2.24, 2.45) is 5.92 Å². The van der Waals surface area contributed by atoms with Crippen LogP contribution in [-0.2, 0) is 24.1 Å². The maximum atomic E-state index is 12.4. The predicted octanol–water partition coefficient (Wildman–Crippen LogP) is 3.58. The second-order valence-corrected chi connectivity index (χ2v) is 8.21. The van der Waals surface area contributed by atoms with E-state index in [1.54, 1.807) is 7.11 Å². The molecule has 1 aromatic heterocycles. The zero-order valence-corrected chi connectivity index (χ0v) is 16.9. The number of hydrazine groups is 1. The summed E-state index contributed by atoms with van der Waals surface area (Å²) in [7, 11) is 1.58. The van der Waals surface area contributed by atoms with Crippen molar-refractivity contribution in [3.63, 3.8) is 0 Å². The number of carbonyl (C=O) groups excluding carboxylic acids is 2. The highest BCUT2D eigenvalue weighted by Crippen LogP contribution is 2.33. The van der Waals surface area contributed by atoms with E-state index < -0.39 is 0 Å². The fourth-order valence-electron chi connectivity index (χ4n) is 3.51. The SMILES string of the molecule is CC[C@@H]1CCc2sc(C(=O)NNC(=O)Cc3cc(C)ccc3OC)cc2C1. The summed E-state index contributed by atoms with van der Waals surface area (Å²) in [6.07, 6.45) is 4.61. The lowest BCUT2D eigenvalue weighted by Crippen LogP contribution is -2.42. The molecule has 2 amide bonds. The minimum atomic E-state index is -0.278. The van der Waals surface area contributed by atoms with Crippen LogP contribution < -0.4 is 15.6 Å². The standard InChI is InChI=1S/C21H26N2O3S/c1-4-14-6-8-18-16(10-14)11-19(27-18)21(25)23-22-20(24)12-15-9-13(2)5-7-17(15)26-3/h5,7,9,11,14H,4,6,8,10,12H2,1-3H3,(H,22,24)(H,23,25)/t14-/m1/s1. The molecular formula is C21H26N2O3S. The Morgan fingerprint density at radius 1 is 1.26 bits per heavy atom. The van der Waals surface area contributed by atoms with E-state index in [1.807, 2.05) is 31.2 Å². The van der Waals surface area contributed by atoms with Gasteiger partial charge in [0.15, 0.2) is 0 Å². The van der Waals surface area contributed by atoms with Gasteiger partial charge in [-0.3, -0.25) is 20.4 Å². The van der Waals surface area contributed by atoms with E-state index in [4.69, 9.17) is 4.74 Å². The Hall–Kier alpha value is -2.34. The van der Waals surface area contributed by atoms with Crippen LogP contribution in [0, 0.1) is 12.8 Å². The van der Waals surface area contributed by atoms with Crippen LogP contribution >= 0.6 is 11.3 Å². The summed E-state index contributed by atoms with van der Waals surface area (Å²) in [6.45, 7) is 4.18. The van der Waals surface area contributed by atoms with E-state index in [-0.39, 0.29) is 18.2 Å².